The summed E-state index contributed by atoms with van der Waals surface area (Å²) < 4.78 is 16.9. The maximum Gasteiger partial charge on any atom is 0.272 e. The first kappa shape index (κ1) is 22.0. The molecule has 1 N–H and O–H groups in total. The number of hydrogen-bond acceptors (Lipinski definition) is 6. The Balaban J connectivity index is 1.22. The Morgan fingerprint density at radius 1 is 0.972 bits per heavy atom. The van der Waals surface area contributed by atoms with Crippen LogP contribution in [-0.2, 0) is 25.9 Å². The van der Waals surface area contributed by atoms with E-state index in [1.54, 1.807) is 47.5 Å². The number of hydrogen-bond donors (Lipinski definition) is 1. The molecule has 0 spiro atoms. The lowest BCUT2D eigenvalue weighted by Gasteiger charge is -2.29. The minimum atomic E-state index is -0.611. The molecule has 0 unspecified atom stereocenters. The molecule has 4 aromatic rings. The van der Waals surface area contributed by atoms with Gasteiger partial charge < -0.3 is 14.8 Å². The van der Waals surface area contributed by atoms with Crippen LogP contribution in [0.25, 0.3) is 11.5 Å². The molecule has 0 saturated heterocycles. The molecule has 2 aliphatic rings. The molecule has 0 aliphatic carbocycles. The molecule has 0 fully saturated rings. The van der Waals surface area contributed by atoms with Gasteiger partial charge in [0.1, 0.15) is 28.8 Å². The van der Waals surface area contributed by atoms with Crippen molar-refractivity contribution in [1.82, 2.24) is 29.6 Å². The standard InChI is InChI=1S/C26H22FN7O2/c27-19-14-16-9-12-33(26(36)21-5-1-2-10-28-21)15-17(16)13-18(19)25(35)30-22-7-3-6-20(29-22)24-32-31-23-8-4-11-34(23)24/h1-3,5-7,10,13-14H,4,8-9,11-12,15H2,(H,29,30,35). The van der Waals surface area contributed by atoms with Crippen molar-refractivity contribution in [2.24, 2.45) is 0 Å². The average Bonchev–Trinajstić information content (AvgIpc) is 3.53. The Morgan fingerprint density at radius 3 is 2.75 bits per heavy atom. The van der Waals surface area contributed by atoms with Crippen LogP contribution in [-0.4, -0.2) is 48.0 Å². The Kier molecular flexibility index (Phi) is 5.48. The van der Waals surface area contributed by atoms with Crippen LogP contribution in [0.3, 0.4) is 0 Å². The summed E-state index contributed by atoms with van der Waals surface area (Å²) in [6.45, 7) is 1.56. The zero-order chi connectivity index (χ0) is 24.6. The number of nitrogens with one attached hydrogen (secondary N) is 1. The van der Waals surface area contributed by atoms with Gasteiger partial charge in [-0.2, -0.15) is 0 Å². The summed E-state index contributed by atoms with van der Waals surface area (Å²) in [4.78, 5) is 36.1. The fourth-order valence-corrected chi connectivity index (χ4v) is 4.73. The van der Waals surface area contributed by atoms with Crippen molar-refractivity contribution in [2.75, 3.05) is 11.9 Å². The quantitative estimate of drug-likeness (QED) is 0.478. The van der Waals surface area contributed by atoms with Gasteiger partial charge in [0.15, 0.2) is 5.82 Å². The molecule has 6 rings (SSSR count). The largest absolute Gasteiger partial charge is 0.333 e. The summed E-state index contributed by atoms with van der Waals surface area (Å²) in [7, 11) is 0. The number of nitrogens with zero attached hydrogens (tertiary/aromatic N) is 6. The van der Waals surface area contributed by atoms with Gasteiger partial charge in [0.05, 0.1) is 5.56 Å². The summed E-state index contributed by atoms with van der Waals surface area (Å²) in [5.74, 6) is 0.445. The van der Waals surface area contributed by atoms with Gasteiger partial charge in [-0.3, -0.25) is 14.6 Å². The molecule has 5 heterocycles. The highest BCUT2D eigenvalue weighted by atomic mass is 19.1. The smallest absolute Gasteiger partial charge is 0.272 e. The second kappa shape index (κ2) is 8.95. The van der Waals surface area contributed by atoms with E-state index in [0.29, 0.717) is 30.2 Å². The number of pyridine rings is 2. The van der Waals surface area contributed by atoms with Crippen molar-refractivity contribution in [2.45, 2.75) is 32.4 Å². The number of rotatable bonds is 4. The van der Waals surface area contributed by atoms with Crippen LogP contribution >= 0.6 is 0 Å². The third-order valence-corrected chi connectivity index (χ3v) is 6.55. The fraction of sp³-hybridized carbons (Fsp3) is 0.231. The molecule has 36 heavy (non-hydrogen) atoms. The van der Waals surface area contributed by atoms with Gasteiger partial charge in [-0.05, 0) is 60.4 Å². The van der Waals surface area contributed by atoms with Crippen molar-refractivity contribution < 1.29 is 14.0 Å². The zero-order valence-corrected chi connectivity index (χ0v) is 19.3. The predicted molar refractivity (Wildman–Crippen MR) is 129 cm³/mol. The van der Waals surface area contributed by atoms with Gasteiger partial charge in [0.25, 0.3) is 11.8 Å². The number of halogens is 1. The molecule has 180 valence electrons. The third kappa shape index (κ3) is 4.00. The number of amides is 2. The lowest BCUT2D eigenvalue weighted by molar-refractivity contribution is 0.0728. The van der Waals surface area contributed by atoms with Crippen LogP contribution in [0.15, 0.2) is 54.7 Å². The van der Waals surface area contributed by atoms with Crippen LogP contribution in [0.1, 0.15) is 44.2 Å². The van der Waals surface area contributed by atoms with E-state index in [-0.39, 0.29) is 23.8 Å². The van der Waals surface area contributed by atoms with Crippen molar-refractivity contribution in [1.29, 1.82) is 0 Å². The zero-order valence-electron chi connectivity index (χ0n) is 19.3. The van der Waals surface area contributed by atoms with Crippen LogP contribution in [0, 0.1) is 5.82 Å². The van der Waals surface area contributed by atoms with Crippen LogP contribution in [0.5, 0.6) is 0 Å². The molecule has 0 bridgehead atoms. The number of aryl methyl sites for hydroxylation is 1. The molecule has 10 heteroatoms. The average molecular weight is 484 g/mol. The first-order chi connectivity index (χ1) is 17.6. The van der Waals surface area contributed by atoms with E-state index in [1.165, 1.54) is 12.1 Å². The van der Waals surface area contributed by atoms with E-state index in [9.17, 15) is 14.0 Å². The van der Waals surface area contributed by atoms with Crippen LogP contribution in [0.2, 0.25) is 0 Å². The second-order valence-corrected chi connectivity index (χ2v) is 8.85. The first-order valence-electron chi connectivity index (χ1n) is 11.8. The van der Waals surface area contributed by atoms with Crippen LogP contribution in [0.4, 0.5) is 10.2 Å². The van der Waals surface area contributed by atoms with E-state index >= 15 is 0 Å². The molecular weight excluding hydrogens is 461 g/mol. The number of fused-ring (bicyclic) bond motifs is 2. The van der Waals surface area contributed by atoms with Crippen molar-refractivity contribution in [3.05, 3.63) is 88.8 Å². The van der Waals surface area contributed by atoms with E-state index in [2.05, 4.69) is 25.5 Å². The number of carbonyl (C=O) groups excluding carboxylic acids is 2. The Morgan fingerprint density at radius 2 is 1.89 bits per heavy atom. The molecule has 0 saturated carbocycles. The molecule has 0 atom stereocenters. The highest BCUT2D eigenvalue weighted by Gasteiger charge is 2.26. The maximum absolute atomic E-state index is 14.9. The number of carbonyl (C=O) groups is 2. The van der Waals surface area contributed by atoms with Gasteiger partial charge in [-0.25, -0.2) is 9.37 Å². The van der Waals surface area contributed by atoms with E-state index < -0.39 is 11.7 Å². The van der Waals surface area contributed by atoms with Crippen molar-refractivity contribution >= 4 is 17.6 Å². The summed E-state index contributed by atoms with van der Waals surface area (Å²) >= 11 is 0. The SMILES string of the molecule is O=C(Nc1cccc(-c2nnc3n2CCC3)n1)c1cc2c(cc1F)CCN(C(=O)c1ccccn1)C2. The number of anilines is 1. The van der Waals surface area contributed by atoms with E-state index in [1.807, 2.05) is 4.57 Å². The van der Waals surface area contributed by atoms with Crippen molar-refractivity contribution in [3.8, 4) is 11.5 Å². The molecule has 2 aliphatic heterocycles. The molecule has 9 nitrogen and oxygen atoms in total. The molecule has 2 amide bonds. The molecule has 0 radical (unpaired) electrons. The predicted octanol–water partition coefficient (Wildman–Crippen LogP) is 3.27. The van der Waals surface area contributed by atoms with Crippen molar-refractivity contribution in [3.63, 3.8) is 0 Å². The number of benzene rings is 1. The molecular formula is C26H22FN7O2. The normalized spacial score (nSPS) is 14.3. The Labute approximate surface area is 206 Å². The topological polar surface area (TPSA) is 106 Å². The minimum Gasteiger partial charge on any atom is -0.333 e. The van der Waals surface area contributed by atoms with Gasteiger partial charge >= 0.3 is 0 Å². The summed E-state index contributed by atoms with van der Waals surface area (Å²) in [6, 6.07) is 13.3. The monoisotopic (exact) mass is 483 g/mol. The van der Waals surface area contributed by atoms with E-state index in [4.69, 9.17) is 0 Å². The van der Waals surface area contributed by atoms with Crippen LogP contribution < -0.4 is 5.32 Å². The highest BCUT2D eigenvalue weighted by Crippen LogP contribution is 2.26. The van der Waals surface area contributed by atoms with Gasteiger partial charge in [-0.15, -0.1) is 10.2 Å². The van der Waals surface area contributed by atoms with E-state index in [0.717, 1.165) is 36.3 Å². The summed E-state index contributed by atoms with van der Waals surface area (Å²) in [5, 5.41) is 11.1. The maximum atomic E-state index is 14.9. The lowest BCUT2D eigenvalue weighted by Crippen LogP contribution is -2.36. The second-order valence-electron chi connectivity index (χ2n) is 8.85. The fourth-order valence-electron chi connectivity index (χ4n) is 4.73. The van der Waals surface area contributed by atoms with Gasteiger partial charge in [-0.1, -0.05) is 12.1 Å². The third-order valence-electron chi connectivity index (χ3n) is 6.55. The first-order valence-corrected chi connectivity index (χ1v) is 11.8. The molecule has 3 aromatic heterocycles. The number of aromatic nitrogens is 5. The lowest BCUT2D eigenvalue weighted by atomic mass is 9.96. The Bertz CT molecular complexity index is 1490. The highest BCUT2D eigenvalue weighted by molar-refractivity contribution is 6.04. The molecule has 1 aromatic carbocycles. The van der Waals surface area contributed by atoms with Gasteiger partial charge in [0, 0.05) is 32.3 Å². The summed E-state index contributed by atoms with van der Waals surface area (Å²) in [6.07, 6.45) is 3.96. The van der Waals surface area contributed by atoms with Gasteiger partial charge in [0.2, 0.25) is 0 Å². The Hall–Kier alpha value is -4.47. The minimum absolute atomic E-state index is 0.101. The summed E-state index contributed by atoms with van der Waals surface area (Å²) in [5.41, 5.74) is 2.36.